The van der Waals surface area contributed by atoms with Gasteiger partial charge < -0.3 is 5.32 Å². The molecule has 0 saturated heterocycles. The molecular weight excluding hydrogens is 292 g/mol. The highest BCUT2D eigenvalue weighted by Crippen LogP contribution is 2.30. The van der Waals surface area contributed by atoms with Crippen LogP contribution in [0.1, 0.15) is 25.7 Å². The van der Waals surface area contributed by atoms with Gasteiger partial charge in [-0.1, -0.05) is 0 Å². The molecule has 0 aromatic carbocycles. The lowest BCUT2D eigenvalue weighted by molar-refractivity contribution is 0.0544. The number of rotatable bonds is 3. The smallest absolute Gasteiger partial charge is 0.241 e. The molecular formula is C11H14BrF2N3. The van der Waals surface area contributed by atoms with E-state index < -0.39 is 12.3 Å². The van der Waals surface area contributed by atoms with Crippen molar-refractivity contribution < 1.29 is 8.78 Å². The summed E-state index contributed by atoms with van der Waals surface area (Å²) >= 11 is 3.26. The molecule has 1 fully saturated rings. The third kappa shape index (κ3) is 3.59. The highest BCUT2D eigenvalue weighted by molar-refractivity contribution is 9.10. The molecule has 6 heteroatoms. The molecule has 1 aromatic rings. The number of nitrogens with zero attached hydrogens (tertiary/aromatic N) is 2. The Morgan fingerprint density at radius 2 is 1.76 bits per heavy atom. The van der Waals surface area contributed by atoms with E-state index in [1.54, 1.807) is 12.4 Å². The van der Waals surface area contributed by atoms with Gasteiger partial charge in [-0.15, -0.1) is 0 Å². The van der Waals surface area contributed by atoms with Crippen LogP contribution in [0, 0.1) is 5.92 Å². The Hall–Kier alpha value is -0.780. The molecule has 17 heavy (non-hydrogen) atoms. The van der Waals surface area contributed by atoms with Crippen LogP contribution in [0.15, 0.2) is 16.9 Å². The van der Waals surface area contributed by atoms with Gasteiger partial charge in [-0.05, 0) is 41.6 Å². The number of anilines is 1. The highest BCUT2D eigenvalue weighted by atomic mass is 79.9. The van der Waals surface area contributed by atoms with E-state index >= 15 is 0 Å². The van der Waals surface area contributed by atoms with Gasteiger partial charge in [0.2, 0.25) is 12.4 Å². The summed E-state index contributed by atoms with van der Waals surface area (Å²) in [7, 11) is 0. The maximum absolute atomic E-state index is 12.5. The lowest BCUT2D eigenvalue weighted by Crippen LogP contribution is -2.29. The van der Waals surface area contributed by atoms with Crippen LogP contribution in [-0.2, 0) is 0 Å². The van der Waals surface area contributed by atoms with Crippen LogP contribution in [0.4, 0.5) is 14.7 Å². The monoisotopic (exact) mass is 305 g/mol. The van der Waals surface area contributed by atoms with Crippen molar-refractivity contribution >= 4 is 21.9 Å². The number of halogens is 3. The molecule has 1 heterocycles. The fourth-order valence-electron chi connectivity index (χ4n) is 2.08. The molecule has 0 aliphatic heterocycles. The zero-order valence-corrected chi connectivity index (χ0v) is 10.8. The summed E-state index contributed by atoms with van der Waals surface area (Å²) in [4.78, 5) is 8.22. The highest BCUT2D eigenvalue weighted by Gasteiger charge is 2.27. The minimum absolute atomic E-state index is 0.214. The summed E-state index contributed by atoms with van der Waals surface area (Å²) in [5.74, 6) is 0.132. The Balaban J connectivity index is 1.84. The van der Waals surface area contributed by atoms with Crippen LogP contribution in [-0.4, -0.2) is 22.4 Å². The van der Waals surface area contributed by atoms with Crippen molar-refractivity contribution in [3.63, 3.8) is 0 Å². The lowest BCUT2D eigenvalue weighted by Gasteiger charge is -2.28. The van der Waals surface area contributed by atoms with Gasteiger partial charge in [-0.2, -0.15) is 0 Å². The van der Waals surface area contributed by atoms with Crippen molar-refractivity contribution in [2.24, 2.45) is 5.92 Å². The van der Waals surface area contributed by atoms with E-state index in [1.165, 1.54) is 0 Å². The molecule has 0 radical (unpaired) electrons. The molecule has 94 valence electrons. The van der Waals surface area contributed by atoms with Crippen molar-refractivity contribution in [3.05, 3.63) is 16.9 Å². The van der Waals surface area contributed by atoms with Gasteiger partial charge in [-0.3, -0.25) is 0 Å². The Labute approximate surface area is 107 Å². The van der Waals surface area contributed by atoms with Crippen LogP contribution in [0.3, 0.4) is 0 Å². The van der Waals surface area contributed by atoms with E-state index in [0.29, 0.717) is 18.8 Å². The SMILES string of the molecule is FC(F)C1CCC(Nc2ncc(Br)cn2)CC1. The average Bonchev–Trinajstić information content (AvgIpc) is 2.33. The van der Waals surface area contributed by atoms with Crippen LogP contribution in [0.25, 0.3) is 0 Å². The van der Waals surface area contributed by atoms with Crippen LogP contribution < -0.4 is 5.32 Å². The normalized spacial score (nSPS) is 24.9. The first-order valence-electron chi connectivity index (χ1n) is 5.67. The number of alkyl halides is 2. The van der Waals surface area contributed by atoms with Gasteiger partial charge >= 0.3 is 0 Å². The van der Waals surface area contributed by atoms with E-state index in [9.17, 15) is 8.78 Å². The number of aromatic nitrogens is 2. The largest absolute Gasteiger partial charge is 0.351 e. The van der Waals surface area contributed by atoms with Crippen molar-refractivity contribution in [1.29, 1.82) is 0 Å². The number of hydrogen-bond acceptors (Lipinski definition) is 3. The molecule has 0 bridgehead atoms. The Bertz CT molecular complexity index is 350. The lowest BCUT2D eigenvalue weighted by atomic mass is 9.86. The van der Waals surface area contributed by atoms with Crippen LogP contribution in [0.2, 0.25) is 0 Å². The van der Waals surface area contributed by atoms with Gasteiger partial charge in [0.25, 0.3) is 0 Å². The number of hydrogen-bond donors (Lipinski definition) is 1. The standard InChI is InChI=1S/C11H14BrF2N3/c12-8-5-15-11(16-6-8)17-9-3-1-7(2-4-9)10(13)14/h5-7,9-10H,1-4H2,(H,15,16,17). The van der Waals surface area contributed by atoms with Gasteiger partial charge in [0.1, 0.15) is 0 Å². The van der Waals surface area contributed by atoms with Crippen molar-refractivity contribution in [2.45, 2.75) is 38.2 Å². The quantitative estimate of drug-likeness (QED) is 0.929. The first kappa shape index (κ1) is 12.7. The second-order valence-corrected chi connectivity index (χ2v) is 5.23. The van der Waals surface area contributed by atoms with Crippen molar-refractivity contribution in [3.8, 4) is 0 Å². The summed E-state index contributed by atoms with van der Waals surface area (Å²) in [5.41, 5.74) is 0. The van der Waals surface area contributed by atoms with Gasteiger partial charge in [0.15, 0.2) is 0 Å². The summed E-state index contributed by atoms with van der Waals surface area (Å²) in [6.45, 7) is 0. The first-order chi connectivity index (χ1) is 8.15. The maximum Gasteiger partial charge on any atom is 0.241 e. The van der Waals surface area contributed by atoms with Gasteiger partial charge in [0.05, 0.1) is 4.47 Å². The molecule has 0 unspecified atom stereocenters. The van der Waals surface area contributed by atoms with E-state index in [4.69, 9.17) is 0 Å². The zero-order valence-electron chi connectivity index (χ0n) is 9.24. The Morgan fingerprint density at radius 1 is 1.18 bits per heavy atom. The predicted octanol–water partition coefficient (Wildman–Crippen LogP) is 3.47. The minimum atomic E-state index is -2.18. The van der Waals surface area contributed by atoms with Crippen LogP contribution in [0.5, 0.6) is 0 Å². The molecule has 1 aliphatic rings. The predicted molar refractivity (Wildman–Crippen MR) is 65.1 cm³/mol. The Morgan fingerprint density at radius 3 is 2.29 bits per heavy atom. The summed E-state index contributed by atoms with van der Waals surface area (Å²) in [5, 5.41) is 3.18. The van der Waals surface area contributed by atoms with E-state index in [1.807, 2.05) is 0 Å². The Kier molecular flexibility index (Phi) is 4.25. The third-order valence-corrected chi connectivity index (χ3v) is 3.49. The fraction of sp³-hybridized carbons (Fsp3) is 0.636. The second kappa shape index (κ2) is 5.71. The summed E-state index contributed by atoms with van der Waals surface area (Å²) in [6.07, 6.45) is 3.82. The molecule has 0 spiro atoms. The molecule has 1 aliphatic carbocycles. The first-order valence-corrected chi connectivity index (χ1v) is 6.46. The van der Waals surface area contributed by atoms with Crippen molar-refractivity contribution in [2.75, 3.05) is 5.32 Å². The van der Waals surface area contributed by atoms with Crippen LogP contribution >= 0.6 is 15.9 Å². The average molecular weight is 306 g/mol. The van der Waals surface area contributed by atoms with E-state index in [0.717, 1.165) is 17.3 Å². The van der Waals surface area contributed by atoms with Crippen molar-refractivity contribution in [1.82, 2.24) is 9.97 Å². The van der Waals surface area contributed by atoms with E-state index in [2.05, 4.69) is 31.2 Å². The maximum atomic E-state index is 12.5. The molecule has 3 nitrogen and oxygen atoms in total. The molecule has 0 atom stereocenters. The second-order valence-electron chi connectivity index (χ2n) is 4.32. The zero-order chi connectivity index (χ0) is 12.3. The summed E-state index contributed by atoms with van der Waals surface area (Å²) < 4.78 is 25.8. The third-order valence-electron chi connectivity index (χ3n) is 3.08. The fourth-order valence-corrected chi connectivity index (χ4v) is 2.29. The minimum Gasteiger partial charge on any atom is -0.351 e. The molecule has 1 saturated carbocycles. The molecule has 1 N–H and O–H groups in total. The van der Waals surface area contributed by atoms with E-state index in [-0.39, 0.29) is 6.04 Å². The molecule has 0 amide bonds. The molecule has 2 rings (SSSR count). The van der Waals surface area contributed by atoms with Gasteiger partial charge in [-0.25, -0.2) is 18.7 Å². The topological polar surface area (TPSA) is 37.8 Å². The molecule has 1 aromatic heterocycles. The van der Waals surface area contributed by atoms with Gasteiger partial charge in [0, 0.05) is 24.4 Å². The summed E-state index contributed by atoms with van der Waals surface area (Å²) in [6, 6.07) is 0.214. The number of nitrogens with one attached hydrogen (secondary N) is 1.